The van der Waals surface area contributed by atoms with E-state index in [0.717, 1.165) is 13.0 Å². The van der Waals surface area contributed by atoms with Crippen molar-refractivity contribution in [1.29, 1.82) is 0 Å². The molecule has 0 aliphatic rings. The van der Waals surface area contributed by atoms with E-state index in [1.165, 1.54) is 15.3 Å². The van der Waals surface area contributed by atoms with Crippen LogP contribution in [0.15, 0.2) is 17.7 Å². The molecule has 1 rings (SSSR count). The molecule has 0 amide bonds. The highest BCUT2D eigenvalue weighted by molar-refractivity contribution is 7.12. The predicted molar refractivity (Wildman–Crippen MR) is 70.5 cm³/mol. The zero-order valence-electron chi connectivity index (χ0n) is 10.1. The van der Waals surface area contributed by atoms with Crippen molar-refractivity contribution in [3.63, 3.8) is 0 Å². The van der Waals surface area contributed by atoms with E-state index < -0.39 is 0 Å². The van der Waals surface area contributed by atoms with Crippen LogP contribution in [-0.2, 0) is 6.42 Å². The minimum absolute atomic E-state index is 0.558. The maximum absolute atomic E-state index is 3.42. The van der Waals surface area contributed by atoms with Crippen molar-refractivity contribution >= 4 is 17.4 Å². The second kappa shape index (κ2) is 6.09. The molecule has 0 aliphatic heterocycles. The van der Waals surface area contributed by atoms with E-state index in [9.17, 15) is 0 Å². The van der Waals surface area contributed by atoms with E-state index >= 15 is 0 Å². The maximum atomic E-state index is 3.42. The Morgan fingerprint density at radius 2 is 2.20 bits per heavy atom. The van der Waals surface area contributed by atoms with Gasteiger partial charge in [0.25, 0.3) is 0 Å². The topological polar surface area (TPSA) is 12.0 Å². The molecule has 0 unspecified atom stereocenters. The van der Waals surface area contributed by atoms with Gasteiger partial charge in [0, 0.05) is 22.3 Å². The molecule has 15 heavy (non-hydrogen) atoms. The lowest BCUT2D eigenvalue weighted by atomic mass is 10.2. The van der Waals surface area contributed by atoms with Crippen LogP contribution < -0.4 is 5.32 Å². The van der Waals surface area contributed by atoms with Gasteiger partial charge in [-0.1, -0.05) is 26.3 Å². The fourth-order valence-electron chi connectivity index (χ4n) is 1.32. The summed E-state index contributed by atoms with van der Waals surface area (Å²) in [4.78, 5) is 2.83. The van der Waals surface area contributed by atoms with Crippen LogP contribution in [0.2, 0.25) is 0 Å². The summed E-state index contributed by atoms with van der Waals surface area (Å²) in [6.45, 7) is 9.71. The smallest absolute Gasteiger partial charge is 0.0273 e. The summed E-state index contributed by atoms with van der Waals surface area (Å²) in [5, 5.41) is 3.42. The van der Waals surface area contributed by atoms with Crippen molar-refractivity contribution in [3.05, 3.63) is 27.5 Å². The van der Waals surface area contributed by atoms with Crippen LogP contribution in [-0.4, -0.2) is 12.6 Å². The standard InChI is InChI=1S/C13H21NS/c1-5-12-6-7-13(15-12)8-11(4)9-14-10(2)3/h6-8,10,14H,5,9H2,1-4H3. The Hall–Kier alpha value is -0.600. The number of thiophene rings is 1. The van der Waals surface area contributed by atoms with Crippen LogP contribution in [0.25, 0.3) is 6.08 Å². The molecule has 1 aromatic heterocycles. The van der Waals surface area contributed by atoms with E-state index in [1.807, 2.05) is 11.3 Å². The van der Waals surface area contributed by atoms with Gasteiger partial charge in [-0.15, -0.1) is 11.3 Å². The van der Waals surface area contributed by atoms with Crippen molar-refractivity contribution < 1.29 is 0 Å². The maximum Gasteiger partial charge on any atom is 0.0273 e. The summed E-state index contributed by atoms with van der Waals surface area (Å²) in [6, 6.07) is 4.99. The summed E-state index contributed by atoms with van der Waals surface area (Å²) in [5.74, 6) is 0. The van der Waals surface area contributed by atoms with Gasteiger partial charge in [0.05, 0.1) is 0 Å². The molecule has 1 N–H and O–H groups in total. The van der Waals surface area contributed by atoms with E-state index in [4.69, 9.17) is 0 Å². The third-order valence-electron chi connectivity index (χ3n) is 2.21. The van der Waals surface area contributed by atoms with Gasteiger partial charge in [-0.2, -0.15) is 0 Å². The molecule has 84 valence electrons. The molecule has 2 heteroatoms. The summed E-state index contributed by atoms with van der Waals surface area (Å²) in [7, 11) is 0. The first kappa shape index (κ1) is 12.5. The number of rotatable bonds is 5. The highest BCUT2D eigenvalue weighted by atomic mass is 32.1. The minimum Gasteiger partial charge on any atom is -0.311 e. The summed E-state index contributed by atoms with van der Waals surface area (Å²) >= 11 is 1.89. The fourth-order valence-corrected chi connectivity index (χ4v) is 2.30. The molecule has 1 nitrogen and oxygen atoms in total. The zero-order valence-corrected chi connectivity index (χ0v) is 10.9. The normalized spacial score (nSPS) is 12.5. The predicted octanol–water partition coefficient (Wildman–Crippen LogP) is 3.71. The van der Waals surface area contributed by atoms with Crippen LogP contribution in [0.4, 0.5) is 0 Å². The number of hydrogen-bond donors (Lipinski definition) is 1. The Morgan fingerprint density at radius 3 is 2.73 bits per heavy atom. The zero-order chi connectivity index (χ0) is 11.3. The van der Waals surface area contributed by atoms with Crippen molar-refractivity contribution in [2.45, 2.75) is 40.2 Å². The molecule has 0 aliphatic carbocycles. The molecule has 1 aromatic rings. The average Bonchev–Trinajstić information content (AvgIpc) is 2.62. The second-order valence-electron chi connectivity index (χ2n) is 4.18. The van der Waals surface area contributed by atoms with E-state index in [0.29, 0.717) is 6.04 Å². The molecule has 0 aromatic carbocycles. The van der Waals surface area contributed by atoms with Gasteiger partial charge >= 0.3 is 0 Å². The van der Waals surface area contributed by atoms with Gasteiger partial charge in [-0.25, -0.2) is 0 Å². The Morgan fingerprint density at radius 1 is 1.47 bits per heavy atom. The molecular formula is C13H21NS. The van der Waals surface area contributed by atoms with Crippen LogP contribution in [0, 0.1) is 0 Å². The molecule has 0 bridgehead atoms. The third-order valence-corrected chi connectivity index (χ3v) is 3.39. The lowest BCUT2D eigenvalue weighted by molar-refractivity contribution is 0.623. The molecule has 0 saturated carbocycles. The van der Waals surface area contributed by atoms with E-state index in [2.05, 4.69) is 51.2 Å². The van der Waals surface area contributed by atoms with Gasteiger partial charge in [0.1, 0.15) is 0 Å². The van der Waals surface area contributed by atoms with E-state index in [-0.39, 0.29) is 0 Å². The minimum atomic E-state index is 0.558. The van der Waals surface area contributed by atoms with Crippen molar-refractivity contribution in [2.75, 3.05) is 6.54 Å². The van der Waals surface area contributed by atoms with E-state index in [1.54, 1.807) is 0 Å². The monoisotopic (exact) mass is 223 g/mol. The Labute approximate surface area is 97.2 Å². The van der Waals surface area contributed by atoms with Gasteiger partial charge < -0.3 is 5.32 Å². The first-order valence-electron chi connectivity index (χ1n) is 5.61. The molecule has 1 heterocycles. The Bertz CT molecular complexity index is 323. The molecule has 0 spiro atoms. The Kier molecular flexibility index (Phi) is 5.06. The number of aryl methyl sites for hydroxylation is 1. The molecule has 0 atom stereocenters. The van der Waals surface area contributed by atoms with Gasteiger partial charge in [0.2, 0.25) is 0 Å². The van der Waals surface area contributed by atoms with Crippen molar-refractivity contribution in [3.8, 4) is 0 Å². The summed E-state index contributed by atoms with van der Waals surface area (Å²) < 4.78 is 0. The largest absolute Gasteiger partial charge is 0.311 e. The third kappa shape index (κ3) is 4.63. The Balaban J connectivity index is 2.53. The van der Waals surface area contributed by atoms with Gasteiger partial charge in [-0.3, -0.25) is 0 Å². The molecule has 0 saturated heterocycles. The van der Waals surface area contributed by atoms with Crippen molar-refractivity contribution in [2.24, 2.45) is 0 Å². The molecular weight excluding hydrogens is 202 g/mol. The van der Waals surface area contributed by atoms with Crippen LogP contribution >= 0.6 is 11.3 Å². The quantitative estimate of drug-likeness (QED) is 0.802. The van der Waals surface area contributed by atoms with Gasteiger partial charge in [0.15, 0.2) is 0 Å². The highest BCUT2D eigenvalue weighted by Crippen LogP contribution is 2.19. The van der Waals surface area contributed by atoms with Crippen LogP contribution in [0.5, 0.6) is 0 Å². The van der Waals surface area contributed by atoms with Crippen molar-refractivity contribution in [1.82, 2.24) is 5.32 Å². The summed E-state index contributed by atoms with van der Waals surface area (Å²) in [5.41, 5.74) is 1.40. The number of nitrogens with one attached hydrogen (secondary N) is 1. The fraction of sp³-hybridized carbons (Fsp3) is 0.538. The lowest BCUT2D eigenvalue weighted by Crippen LogP contribution is -2.24. The highest BCUT2D eigenvalue weighted by Gasteiger charge is 1.97. The first-order valence-corrected chi connectivity index (χ1v) is 6.42. The van der Waals surface area contributed by atoms with Crippen LogP contribution in [0.3, 0.4) is 0 Å². The van der Waals surface area contributed by atoms with Crippen LogP contribution in [0.1, 0.15) is 37.4 Å². The molecule has 0 radical (unpaired) electrons. The lowest BCUT2D eigenvalue weighted by Gasteiger charge is -2.07. The molecule has 0 fully saturated rings. The first-order chi connectivity index (χ1) is 7.11. The summed E-state index contributed by atoms with van der Waals surface area (Å²) in [6.07, 6.45) is 3.42. The average molecular weight is 223 g/mol. The SMILES string of the molecule is CCc1ccc(C=C(C)CNC(C)C)s1. The number of hydrogen-bond acceptors (Lipinski definition) is 2. The van der Waals surface area contributed by atoms with Gasteiger partial charge in [-0.05, 0) is 31.6 Å². The second-order valence-corrected chi connectivity index (χ2v) is 5.38.